The van der Waals surface area contributed by atoms with E-state index in [0.717, 1.165) is 11.3 Å². The van der Waals surface area contributed by atoms with E-state index in [1.807, 2.05) is 54.6 Å². The molecule has 0 bridgehead atoms. The number of ether oxygens (including phenoxy) is 1. The SMILES string of the molecule is COc1ccccc1/C=C1/SC(=S)N(CCC(=O)Nc2ccccc2)C1=O. The number of benzene rings is 2. The van der Waals surface area contributed by atoms with Crippen molar-refractivity contribution in [1.29, 1.82) is 0 Å². The number of hydrogen-bond acceptors (Lipinski definition) is 5. The maximum absolute atomic E-state index is 12.7. The largest absolute Gasteiger partial charge is 0.496 e. The summed E-state index contributed by atoms with van der Waals surface area (Å²) < 4.78 is 5.77. The molecule has 0 radical (unpaired) electrons. The minimum Gasteiger partial charge on any atom is -0.496 e. The fraction of sp³-hybridized carbons (Fsp3) is 0.150. The number of nitrogens with zero attached hydrogens (tertiary/aromatic N) is 1. The van der Waals surface area contributed by atoms with Crippen molar-refractivity contribution in [3.8, 4) is 5.75 Å². The van der Waals surface area contributed by atoms with Crippen molar-refractivity contribution in [1.82, 2.24) is 4.90 Å². The topological polar surface area (TPSA) is 58.6 Å². The van der Waals surface area contributed by atoms with Gasteiger partial charge in [-0.1, -0.05) is 60.4 Å². The summed E-state index contributed by atoms with van der Waals surface area (Å²) in [4.78, 5) is 26.8. The number of carbonyl (C=O) groups excluding carboxylic acids is 2. The van der Waals surface area contributed by atoms with Gasteiger partial charge in [-0.2, -0.15) is 0 Å². The Hall–Kier alpha value is -2.64. The van der Waals surface area contributed by atoms with Crippen LogP contribution < -0.4 is 10.1 Å². The van der Waals surface area contributed by atoms with Gasteiger partial charge >= 0.3 is 0 Å². The number of para-hydroxylation sites is 2. The molecule has 2 aromatic rings. The maximum Gasteiger partial charge on any atom is 0.266 e. The van der Waals surface area contributed by atoms with Gasteiger partial charge in [0.05, 0.1) is 12.0 Å². The molecule has 0 aliphatic carbocycles. The van der Waals surface area contributed by atoms with Crippen LogP contribution >= 0.6 is 24.0 Å². The molecule has 0 unspecified atom stereocenters. The number of thioether (sulfide) groups is 1. The van der Waals surface area contributed by atoms with Crippen LogP contribution in [0.25, 0.3) is 6.08 Å². The highest BCUT2D eigenvalue weighted by molar-refractivity contribution is 8.26. The monoisotopic (exact) mass is 398 g/mol. The average molecular weight is 399 g/mol. The summed E-state index contributed by atoms with van der Waals surface area (Å²) in [5.74, 6) is 0.331. The highest BCUT2D eigenvalue weighted by Crippen LogP contribution is 2.34. The lowest BCUT2D eigenvalue weighted by molar-refractivity contribution is -0.122. The van der Waals surface area contributed by atoms with E-state index in [0.29, 0.717) is 15.0 Å². The lowest BCUT2D eigenvalue weighted by atomic mass is 10.2. The number of rotatable bonds is 6. The summed E-state index contributed by atoms with van der Waals surface area (Å²) in [5.41, 5.74) is 1.53. The molecule has 5 nitrogen and oxygen atoms in total. The third kappa shape index (κ3) is 4.75. The Kier molecular flexibility index (Phi) is 6.26. The Labute approximate surface area is 167 Å². The molecule has 0 saturated carbocycles. The molecule has 2 aromatic carbocycles. The fourth-order valence-electron chi connectivity index (χ4n) is 2.58. The van der Waals surface area contributed by atoms with Gasteiger partial charge in [-0.15, -0.1) is 0 Å². The number of carbonyl (C=O) groups is 2. The molecule has 0 aromatic heterocycles. The first-order valence-corrected chi connectivity index (χ1v) is 9.54. The van der Waals surface area contributed by atoms with Crippen molar-refractivity contribution in [2.75, 3.05) is 19.0 Å². The Morgan fingerprint density at radius 2 is 1.89 bits per heavy atom. The first-order valence-electron chi connectivity index (χ1n) is 8.32. The van der Waals surface area contributed by atoms with Gasteiger partial charge in [0.15, 0.2) is 0 Å². The van der Waals surface area contributed by atoms with Crippen LogP contribution in [-0.2, 0) is 9.59 Å². The molecule has 1 N–H and O–H groups in total. The van der Waals surface area contributed by atoms with Crippen molar-refractivity contribution < 1.29 is 14.3 Å². The number of amides is 2. The van der Waals surface area contributed by atoms with E-state index in [-0.39, 0.29) is 24.8 Å². The molecular formula is C20H18N2O3S2. The van der Waals surface area contributed by atoms with Crippen LogP contribution in [0, 0.1) is 0 Å². The molecule has 3 rings (SSSR count). The molecule has 1 heterocycles. The van der Waals surface area contributed by atoms with Crippen molar-refractivity contribution in [3.05, 3.63) is 65.1 Å². The zero-order chi connectivity index (χ0) is 19.2. The van der Waals surface area contributed by atoms with Crippen LogP contribution in [0.3, 0.4) is 0 Å². The second kappa shape index (κ2) is 8.83. The Morgan fingerprint density at radius 1 is 1.19 bits per heavy atom. The van der Waals surface area contributed by atoms with Crippen LogP contribution in [0.1, 0.15) is 12.0 Å². The standard InChI is InChI=1S/C20H18N2O3S2/c1-25-16-10-6-5-7-14(16)13-17-19(24)22(20(26)27-17)12-11-18(23)21-15-8-3-2-4-9-15/h2-10,13H,11-12H2,1H3,(H,21,23)/b17-13+. The van der Waals surface area contributed by atoms with E-state index in [1.54, 1.807) is 13.2 Å². The summed E-state index contributed by atoms with van der Waals surface area (Å²) in [6.45, 7) is 0.243. The fourth-order valence-corrected chi connectivity index (χ4v) is 3.88. The molecule has 2 amide bonds. The van der Waals surface area contributed by atoms with Crippen LogP contribution in [0.4, 0.5) is 5.69 Å². The van der Waals surface area contributed by atoms with Gasteiger partial charge < -0.3 is 10.1 Å². The second-order valence-electron chi connectivity index (χ2n) is 5.74. The number of nitrogens with one attached hydrogen (secondary N) is 1. The van der Waals surface area contributed by atoms with Crippen molar-refractivity contribution in [2.45, 2.75) is 6.42 Å². The third-order valence-electron chi connectivity index (χ3n) is 3.92. The average Bonchev–Trinajstić information content (AvgIpc) is 2.94. The molecule has 0 atom stereocenters. The smallest absolute Gasteiger partial charge is 0.266 e. The summed E-state index contributed by atoms with van der Waals surface area (Å²) in [6.07, 6.45) is 1.94. The first-order chi connectivity index (χ1) is 13.1. The predicted molar refractivity (Wildman–Crippen MR) is 113 cm³/mol. The van der Waals surface area contributed by atoms with E-state index >= 15 is 0 Å². The molecule has 7 heteroatoms. The zero-order valence-electron chi connectivity index (χ0n) is 14.7. The Morgan fingerprint density at radius 3 is 2.63 bits per heavy atom. The second-order valence-corrected chi connectivity index (χ2v) is 7.42. The Bertz CT molecular complexity index is 897. The molecular weight excluding hydrogens is 380 g/mol. The van der Waals surface area contributed by atoms with Crippen LogP contribution in [-0.4, -0.2) is 34.7 Å². The van der Waals surface area contributed by atoms with E-state index < -0.39 is 0 Å². The highest BCUT2D eigenvalue weighted by atomic mass is 32.2. The lowest BCUT2D eigenvalue weighted by Gasteiger charge is -2.14. The van der Waals surface area contributed by atoms with Crippen molar-refractivity contribution in [2.24, 2.45) is 0 Å². The predicted octanol–water partition coefficient (Wildman–Crippen LogP) is 3.93. The molecule has 27 heavy (non-hydrogen) atoms. The molecule has 1 aliphatic rings. The molecule has 1 saturated heterocycles. The molecule has 138 valence electrons. The van der Waals surface area contributed by atoms with Crippen LogP contribution in [0.15, 0.2) is 59.5 Å². The zero-order valence-corrected chi connectivity index (χ0v) is 16.3. The summed E-state index contributed by atoms with van der Waals surface area (Å²) >= 11 is 6.55. The quantitative estimate of drug-likeness (QED) is 0.590. The minimum absolute atomic E-state index is 0.163. The van der Waals surface area contributed by atoms with E-state index in [4.69, 9.17) is 17.0 Å². The number of anilines is 1. The van der Waals surface area contributed by atoms with E-state index in [9.17, 15) is 9.59 Å². The van der Waals surface area contributed by atoms with Gasteiger partial charge in [0, 0.05) is 24.2 Å². The van der Waals surface area contributed by atoms with Gasteiger partial charge in [0.1, 0.15) is 10.1 Å². The molecule has 0 spiro atoms. The Balaban J connectivity index is 1.64. The van der Waals surface area contributed by atoms with Crippen LogP contribution in [0.2, 0.25) is 0 Å². The summed E-state index contributed by atoms with van der Waals surface area (Å²) in [6, 6.07) is 16.7. The number of thiocarbonyl (C=S) groups is 1. The summed E-state index contributed by atoms with van der Waals surface area (Å²) in [5, 5.41) is 2.80. The van der Waals surface area contributed by atoms with Crippen LogP contribution in [0.5, 0.6) is 5.75 Å². The lowest BCUT2D eigenvalue weighted by Crippen LogP contribution is -2.31. The summed E-state index contributed by atoms with van der Waals surface area (Å²) in [7, 11) is 1.59. The number of methoxy groups -OCH3 is 1. The molecule has 1 aliphatic heterocycles. The van der Waals surface area contributed by atoms with Crippen molar-refractivity contribution >= 4 is 51.9 Å². The van der Waals surface area contributed by atoms with Gasteiger partial charge in [-0.3, -0.25) is 14.5 Å². The van der Waals surface area contributed by atoms with Gasteiger partial charge in [-0.25, -0.2) is 0 Å². The minimum atomic E-state index is -0.191. The van der Waals surface area contributed by atoms with Gasteiger partial charge in [0.25, 0.3) is 5.91 Å². The van der Waals surface area contributed by atoms with Gasteiger partial charge in [-0.05, 0) is 24.3 Å². The normalized spacial score (nSPS) is 15.3. The van der Waals surface area contributed by atoms with E-state index in [1.165, 1.54) is 16.7 Å². The van der Waals surface area contributed by atoms with E-state index in [2.05, 4.69) is 5.32 Å². The first kappa shape index (κ1) is 19.1. The highest BCUT2D eigenvalue weighted by Gasteiger charge is 2.32. The maximum atomic E-state index is 12.7. The number of hydrogen-bond donors (Lipinski definition) is 1. The third-order valence-corrected chi connectivity index (χ3v) is 5.30. The molecule has 1 fully saturated rings. The van der Waals surface area contributed by atoms with Crippen molar-refractivity contribution in [3.63, 3.8) is 0 Å². The van der Waals surface area contributed by atoms with Gasteiger partial charge in [0.2, 0.25) is 5.91 Å².